The summed E-state index contributed by atoms with van der Waals surface area (Å²) in [5.41, 5.74) is 3.78. The molecule has 2 N–H and O–H groups in total. The number of methoxy groups -OCH3 is 1. The lowest BCUT2D eigenvalue weighted by atomic mass is 10.1. The van der Waals surface area contributed by atoms with Crippen LogP contribution in [0.1, 0.15) is 27.5 Å². The van der Waals surface area contributed by atoms with E-state index in [0.29, 0.717) is 31.2 Å². The van der Waals surface area contributed by atoms with Crippen molar-refractivity contribution in [2.24, 2.45) is 0 Å². The first-order valence-corrected chi connectivity index (χ1v) is 13.1. The number of hydrogen-bond acceptors (Lipinski definition) is 7. The molecule has 0 spiro atoms. The molecule has 4 aromatic rings. The molecule has 2 aromatic carbocycles. The summed E-state index contributed by atoms with van der Waals surface area (Å²) in [4.78, 5) is 25.1. The minimum atomic E-state index is -0.219. The molecule has 0 unspecified atom stereocenters. The average Bonchev–Trinajstić information content (AvgIpc) is 3.60. The largest absolute Gasteiger partial charge is 0.496 e. The Kier molecular flexibility index (Phi) is 8.70. The Labute approximate surface area is 222 Å². The molecule has 1 fully saturated rings. The van der Waals surface area contributed by atoms with Crippen LogP contribution in [0.4, 0.5) is 0 Å². The van der Waals surface area contributed by atoms with Crippen molar-refractivity contribution in [3.63, 3.8) is 0 Å². The van der Waals surface area contributed by atoms with Gasteiger partial charge in [-0.15, -0.1) is 0 Å². The maximum Gasteiger partial charge on any atom is 0.273 e. The Hall–Kier alpha value is -3.66. The first kappa shape index (κ1) is 26.0. The number of amides is 1. The molecular weight excluding hydrogens is 482 g/mol. The average molecular weight is 518 g/mol. The van der Waals surface area contributed by atoms with Crippen LogP contribution < -0.4 is 10.1 Å². The van der Waals surface area contributed by atoms with Gasteiger partial charge in [0.1, 0.15) is 12.0 Å². The van der Waals surface area contributed by atoms with Crippen LogP contribution in [0.3, 0.4) is 0 Å². The van der Waals surface area contributed by atoms with Crippen LogP contribution in [0.15, 0.2) is 65.4 Å². The normalized spacial score (nSPS) is 14.3. The Balaban J connectivity index is 1.23. The summed E-state index contributed by atoms with van der Waals surface area (Å²) in [5, 5.41) is 4.18. The summed E-state index contributed by atoms with van der Waals surface area (Å²) in [6.45, 7) is 6.54. The smallest absolute Gasteiger partial charge is 0.273 e. The summed E-state index contributed by atoms with van der Waals surface area (Å²) in [5.74, 6) is 1.14. The second-order valence-electron chi connectivity index (χ2n) is 9.47. The number of ether oxygens (including phenoxy) is 2. The Morgan fingerprint density at radius 2 is 1.92 bits per heavy atom. The number of para-hydroxylation sites is 2. The van der Waals surface area contributed by atoms with E-state index >= 15 is 0 Å². The highest BCUT2D eigenvalue weighted by Crippen LogP contribution is 2.22. The molecule has 200 valence electrons. The fourth-order valence-corrected chi connectivity index (χ4v) is 4.83. The lowest BCUT2D eigenvalue weighted by molar-refractivity contribution is 0.0383. The molecule has 9 heteroatoms. The van der Waals surface area contributed by atoms with Crippen molar-refractivity contribution >= 4 is 16.8 Å². The Morgan fingerprint density at radius 3 is 2.79 bits per heavy atom. The number of hydrogen-bond donors (Lipinski definition) is 2. The van der Waals surface area contributed by atoms with E-state index in [0.717, 1.165) is 62.6 Å². The molecule has 3 heterocycles. The number of carbonyl (C=O) groups is 1. The van der Waals surface area contributed by atoms with E-state index < -0.39 is 0 Å². The summed E-state index contributed by atoms with van der Waals surface area (Å²) in [6, 6.07) is 16.4. The van der Waals surface area contributed by atoms with Crippen LogP contribution in [0.2, 0.25) is 0 Å². The fourth-order valence-electron chi connectivity index (χ4n) is 4.83. The van der Waals surface area contributed by atoms with Crippen LogP contribution in [0.25, 0.3) is 10.9 Å². The van der Waals surface area contributed by atoms with Gasteiger partial charge in [-0.2, -0.15) is 0 Å². The number of benzene rings is 2. The number of H-pyrrole nitrogens is 1. The van der Waals surface area contributed by atoms with E-state index in [1.165, 1.54) is 17.2 Å². The molecule has 1 amide bonds. The molecule has 0 bridgehead atoms. The zero-order chi connectivity index (χ0) is 26.2. The van der Waals surface area contributed by atoms with Crippen molar-refractivity contribution in [1.82, 2.24) is 25.1 Å². The van der Waals surface area contributed by atoms with Crippen LogP contribution in [-0.2, 0) is 24.2 Å². The van der Waals surface area contributed by atoms with Crippen LogP contribution >= 0.6 is 0 Å². The fraction of sp³-hybridized carbons (Fsp3) is 0.379. The molecule has 0 saturated carbocycles. The number of oxazole rings is 1. The highest BCUT2D eigenvalue weighted by Gasteiger charge is 2.18. The third-order valence-electron chi connectivity index (χ3n) is 6.92. The lowest BCUT2D eigenvalue weighted by Gasteiger charge is -2.26. The van der Waals surface area contributed by atoms with E-state index in [-0.39, 0.29) is 5.91 Å². The second kappa shape index (κ2) is 12.7. The third kappa shape index (κ3) is 6.61. The highest BCUT2D eigenvalue weighted by atomic mass is 16.5. The first-order chi connectivity index (χ1) is 18.7. The molecule has 0 radical (unpaired) electrons. The number of carbonyl (C=O) groups excluding carboxylic acids is 1. The lowest BCUT2D eigenvalue weighted by Crippen LogP contribution is -2.41. The van der Waals surface area contributed by atoms with Gasteiger partial charge in [-0.3, -0.25) is 14.6 Å². The molecular formula is C29H35N5O4. The van der Waals surface area contributed by atoms with Gasteiger partial charge in [0.25, 0.3) is 5.91 Å². The number of rotatable bonds is 12. The number of nitrogens with one attached hydrogen (secondary N) is 2. The van der Waals surface area contributed by atoms with Gasteiger partial charge < -0.3 is 24.2 Å². The highest BCUT2D eigenvalue weighted by molar-refractivity contribution is 5.91. The summed E-state index contributed by atoms with van der Waals surface area (Å²) < 4.78 is 16.7. The van der Waals surface area contributed by atoms with Crippen molar-refractivity contribution in [2.45, 2.75) is 19.5 Å². The van der Waals surface area contributed by atoms with Crippen molar-refractivity contribution in [3.8, 4) is 5.75 Å². The zero-order valence-corrected chi connectivity index (χ0v) is 21.8. The number of nitrogens with zero attached hydrogens (tertiary/aromatic N) is 3. The van der Waals surface area contributed by atoms with Gasteiger partial charge in [-0.05, 0) is 24.1 Å². The maximum absolute atomic E-state index is 12.7. The van der Waals surface area contributed by atoms with E-state index in [1.807, 2.05) is 24.3 Å². The van der Waals surface area contributed by atoms with E-state index in [2.05, 4.69) is 55.5 Å². The molecule has 1 aliphatic heterocycles. The van der Waals surface area contributed by atoms with Crippen molar-refractivity contribution in [2.75, 3.05) is 53.0 Å². The predicted octanol–water partition coefficient (Wildman–Crippen LogP) is 3.47. The standard InChI is InChI=1S/C29H35N5O4/c1-36-27-9-5-2-6-23(27)19-34(12-10-22-18-31-25-8-4-3-7-24(22)25)20-28-32-26(21-38-28)29(35)30-11-13-33-14-16-37-17-15-33/h2-9,18,21,31H,10-17,19-20H2,1H3,(H,30,35). The van der Waals surface area contributed by atoms with Gasteiger partial charge >= 0.3 is 0 Å². The van der Waals surface area contributed by atoms with Gasteiger partial charge in [-0.25, -0.2) is 4.98 Å². The van der Waals surface area contributed by atoms with E-state index in [1.54, 1.807) is 7.11 Å². The van der Waals surface area contributed by atoms with Crippen LogP contribution in [0, 0.1) is 0 Å². The van der Waals surface area contributed by atoms with Gasteiger partial charge in [0, 0.05) is 61.9 Å². The molecule has 9 nitrogen and oxygen atoms in total. The minimum Gasteiger partial charge on any atom is -0.496 e. The molecule has 0 aliphatic carbocycles. The van der Waals surface area contributed by atoms with Crippen molar-refractivity contribution in [1.29, 1.82) is 0 Å². The molecule has 0 atom stereocenters. The molecule has 2 aromatic heterocycles. The Morgan fingerprint density at radius 1 is 1.11 bits per heavy atom. The van der Waals surface area contributed by atoms with Crippen LogP contribution in [-0.4, -0.2) is 78.7 Å². The number of fused-ring (bicyclic) bond motifs is 1. The molecule has 38 heavy (non-hydrogen) atoms. The quantitative estimate of drug-likeness (QED) is 0.297. The zero-order valence-electron chi connectivity index (χ0n) is 21.8. The maximum atomic E-state index is 12.7. The van der Waals surface area contributed by atoms with E-state index in [4.69, 9.17) is 13.9 Å². The van der Waals surface area contributed by atoms with Crippen molar-refractivity contribution < 1.29 is 18.7 Å². The number of morpholine rings is 1. The topological polar surface area (TPSA) is 95.9 Å². The first-order valence-electron chi connectivity index (χ1n) is 13.1. The van der Waals surface area contributed by atoms with Gasteiger partial charge in [0.05, 0.1) is 26.9 Å². The monoisotopic (exact) mass is 517 g/mol. The van der Waals surface area contributed by atoms with Gasteiger partial charge in [-0.1, -0.05) is 36.4 Å². The molecule has 1 aliphatic rings. The molecule has 1 saturated heterocycles. The van der Waals surface area contributed by atoms with Gasteiger partial charge in [0.2, 0.25) is 5.89 Å². The second-order valence-corrected chi connectivity index (χ2v) is 9.47. The Bertz CT molecular complexity index is 1330. The molecule has 5 rings (SSSR count). The SMILES string of the molecule is COc1ccccc1CN(CCc1c[nH]c2ccccc12)Cc1nc(C(=O)NCCN2CCOCC2)co1. The summed E-state index contributed by atoms with van der Waals surface area (Å²) in [7, 11) is 1.69. The number of aromatic amines is 1. The van der Waals surface area contributed by atoms with E-state index in [9.17, 15) is 4.79 Å². The van der Waals surface area contributed by atoms with Gasteiger partial charge in [0.15, 0.2) is 5.69 Å². The number of aromatic nitrogens is 2. The summed E-state index contributed by atoms with van der Waals surface area (Å²) in [6.07, 6.45) is 4.38. The third-order valence-corrected chi connectivity index (χ3v) is 6.92. The van der Waals surface area contributed by atoms with Crippen molar-refractivity contribution in [3.05, 3.63) is 83.7 Å². The predicted molar refractivity (Wildman–Crippen MR) is 145 cm³/mol. The minimum absolute atomic E-state index is 0.219. The van der Waals surface area contributed by atoms with Crippen LogP contribution in [0.5, 0.6) is 5.75 Å². The summed E-state index contributed by atoms with van der Waals surface area (Å²) >= 11 is 0.